The van der Waals surface area contributed by atoms with Gasteiger partial charge in [-0.05, 0) is 67.1 Å². The molecule has 1 heterocycles. The number of hydrazone groups is 1. The molecule has 0 saturated heterocycles. The molecule has 0 atom stereocenters. The lowest BCUT2D eigenvalue weighted by Gasteiger charge is -2.06. The van der Waals surface area contributed by atoms with Gasteiger partial charge in [0.2, 0.25) is 6.79 Å². The number of nitrogens with one attached hydrogen (secondary N) is 2. The van der Waals surface area contributed by atoms with Crippen LogP contribution in [0.25, 0.3) is 0 Å². The van der Waals surface area contributed by atoms with Crippen molar-refractivity contribution in [2.24, 2.45) is 5.10 Å². The number of nitrogens with zero attached hydrogens (tertiary/aromatic N) is 1. The van der Waals surface area contributed by atoms with E-state index in [1.165, 1.54) is 6.21 Å². The Morgan fingerprint density at radius 1 is 1.00 bits per heavy atom. The number of esters is 1. The summed E-state index contributed by atoms with van der Waals surface area (Å²) < 4.78 is 15.9. The molecule has 8 nitrogen and oxygen atoms in total. The molecule has 1 aliphatic rings. The Morgan fingerprint density at radius 2 is 1.75 bits per heavy atom. The molecule has 2 N–H and O–H groups in total. The fraction of sp³-hybridized carbons (Fsp3) is 0.125. The number of hydrogen-bond acceptors (Lipinski definition) is 7. The summed E-state index contributed by atoms with van der Waals surface area (Å²) in [5.74, 6) is 0.732. The minimum Gasteiger partial charge on any atom is -0.454 e. The molecule has 0 radical (unpaired) electrons. The number of benzene rings is 3. The topological polar surface area (TPSA) is 98.2 Å². The standard InChI is InChI=1S/C24H21N3O5/c1-16-2-7-19(8-3-16)25-14-23(28)27-26-13-17-4-9-20(10-5-17)32-24(29)18-6-11-21-22(12-18)31-15-30-21/h2-13,25H,14-15H2,1H3,(H,27,28)/b26-13+. The molecule has 0 saturated carbocycles. The number of ether oxygens (including phenoxy) is 3. The number of fused-ring (bicyclic) bond motifs is 1. The van der Waals surface area contributed by atoms with E-state index in [9.17, 15) is 9.59 Å². The molecule has 3 aromatic rings. The van der Waals surface area contributed by atoms with E-state index in [1.807, 2.05) is 31.2 Å². The molecule has 1 amide bonds. The van der Waals surface area contributed by atoms with Crippen LogP contribution in [0.1, 0.15) is 21.5 Å². The first-order chi connectivity index (χ1) is 15.6. The minimum atomic E-state index is -0.502. The van der Waals surface area contributed by atoms with Gasteiger partial charge < -0.3 is 19.5 Å². The van der Waals surface area contributed by atoms with Crippen LogP contribution in [0.3, 0.4) is 0 Å². The van der Waals surface area contributed by atoms with Crippen LogP contribution >= 0.6 is 0 Å². The third-order valence-corrected chi connectivity index (χ3v) is 4.61. The second kappa shape index (κ2) is 9.65. The van der Waals surface area contributed by atoms with Crippen LogP contribution in [0.15, 0.2) is 71.8 Å². The van der Waals surface area contributed by atoms with Crippen LogP contribution in [-0.2, 0) is 4.79 Å². The Labute approximate surface area is 184 Å². The van der Waals surface area contributed by atoms with Gasteiger partial charge in [0, 0.05) is 5.69 Å². The van der Waals surface area contributed by atoms with E-state index in [4.69, 9.17) is 14.2 Å². The first-order valence-corrected chi connectivity index (χ1v) is 9.91. The van der Waals surface area contributed by atoms with Crippen molar-refractivity contribution >= 4 is 23.8 Å². The van der Waals surface area contributed by atoms with Gasteiger partial charge in [-0.2, -0.15) is 5.10 Å². The first kappa shape index (κ1) is 20.9. The summed E-state index contributed by atoms with van der Waals surface area (Å²) >= 11 is 0. The SMILES string of the molecule is Cc1ccc(NCC(=O)N/N=C/c2ccc(OC(=O)c3ccc4c(c3)OCO4)cc2)cc1. The zero-order valence-electron chi connectivity index (χ0n) is 17.3. The third kappa shape index (κ3) is 5.42. The van der Waals surface area contributed by atoms with Gasteiger partial charge in [0.05, 0.1) is 18.3 Å². The molecule has 32 heavy (non-hydrogen) atoms. The van der Waals surface area contributed by atoms with Crippen molar-refractivity contribution in [1.82, 2.24) is 5.43 Å². The van der Waals surface area contributed by atoms with Crippen LogP contribution < -0.4 is 25.0 Å². The first-order valence-electron chi connectivity index (χ1n) is 9.91. The highest BCUT2D eigenvalue weighted by molar-refractivity contribution is 5.92. The molecule has 3 aromatic carbocycles. The normalized spacial score (nSPS) is 11.9. The number of carbonyl (C=O) groups excluding carboxylic acids is 2. The van der Waals surface area contributed by atoms with Gasteiger partial charge in [-0.1, -0.05) is 17.7 Å². The number of carbonyl (C=O) groups is 2. The van der Waals surface area contributed by atoms with Gasteiger partial charge in [0.25, 0.3) is 5.91 Å². The fourth-order valence-corrected chi connectivity index (χ4v) is 2.88. The average molecular weight is 431 g/mol. The minimum absolute atomic E-state index is 0.106. The predicted molar refractivity (Wildman–Crippen MR) is 119 cm³/mol. The highest BCUT2D eigenvalue weighted by Crippen LogP contribution is 2.32. The van der Waals surface area contributed by atoms with E-state index < -0.39 is 5.97 Å². The maximum atomic E-state index is 12.3. The molecular formula is C24H21N3O5. The van der Waals surface area contributed by atoms with Gasteiger partial charge in [-0.3, -0.25) is 4.79 Å². The predicted octanol–water partition coefficient (Wildman–Crippen LogP) is 3.51. The molecule has 0 bridgehead atoms. The summed E-state index contributed by atoms with van der Waals surface area (Å²) in [7, 11) is 0. The summed E-state index contributed by atoms with van der Waals surface area (Å²) in [6.07, 6.45) is 1.51. The van der Waals surface area contributed by atoms with Crippen LogP contribution in [0.2, 0.25) is 0 Å². The maximum absolute atomic E-state index is 12.3. The summed E-state index contributed by atoms with van der Waals surface area (Å²) in [6.45, 7) is 2.25. The van der Waals surface area contributed by atoms with Gasteiger partial charge in [0.1, 0.15) is 5.75 Å². The van der Waals surface area contributed by atoms with E-state index in [1.54, 1.807) is 42.5 Å². The third-order valence-electron chi connectivity index (χ3n) is 4.61. The number of rotatable bonds is 7. The molecule has 0 aromatic heterocycles. The molecule has 162 valence electrons. The lowest BCUT2D eigenvalue weighted by Crippen LogP contribution is -2.25. The Kier molecular flexibility index (Phi) is 6.31. The summed E-state index contributed by atoms with van der Waals surface area (Å²) in [5.41, 5.74) is 5.57. The zero-order valence-corrected chi connectivity index (χ0v) is 17.3. The van der Waals surface area contributed by atoms with E-state index >= 15 is 0 Å². The molecule has 0 fully saturated rings. The van der Waals surface area contributed by atoms with Gasteiger partial charge >= 0.3 is 5.97 Å². The number of amides is 1. The largest absolute Gasteiger partial charge is 0.454 e. The Balaban J connectivity index is 1.25. The van der Waals surface area contributed by atoms with Gasteiger partial charge in [-0.15, -0.1) is 0 Å². The average Bonchev–Trinajstić information content (AvgIpc) is 3.28. The lowest BCUT2D eigenvalue weighted by molar-refractivity contribution is -0.119. The number of hydrogen-bond donors (Lipinski definition) is 2. The van der Waals surface area contributed by atoms with Crippen molar-refractivity contribution in [3.8, 4) is 17.2 Å². The lowest BCUT2D eigenvalue weighted by atomic mass is 10.2. The van der Waals surface area contributed by atoms with Crippen molar-refractivity contribution in [3.63, 3.8) is 0 Å². The molecule has 0 spiro atoms. The van der Waals surface area contributed by atoms with Crippen molar-refractivity contribution < 1.29 is 23.8 Å². The molecule has 8 heteroatoms. The smallest absolute Gasteiger partial charge is 0.343 e. The van der Waals surface area contributed by atoms with Crippen LogP contribution in [-0.4, -0.2) is 31.4 Å². The van der Waals surface area contributed by atoms with Crippen LogP contribution in [0.4, 0.5) is 5.69 Å². The molecule has 1 aliphatic heterocycles. The van der Waals surface area contributed by atoms with E-state index in [0.29, 0.717) is 22.8 Å². The highest BCUT2D eigenvalue weighted by Gasteiger charge is 2.17. The molecule has 0 unspecified atom stereocenters. The van der Waals surface area contributed by atoms with E-state index in [0.717, 1.165) is 16.8 Å². The second-order valence-electron chi connectivity index (χ2n) is 7.04. The van der Waals surface area contributed by atoms with Crippen LogP contribution in [0.5, 0.6) is 17.2 Å². The van der Waals surface area contributed by atoms with Crippen LogP contribution in [0, 0.1) is 6.92 Å². The maximum Gasteiger partial charge on any atom is 0.343 e. The van der Waals surface area contributed by atoms with Gasteiger partial charge in [-0.25, -0.2) is 10.2 Å². The second-order valence-corrected chi connectivity index (χ2v) is 7.04. The Bertz CT molecular complexity index is 1140. The quantitative estimate of drug-likeness (QED) is 0.257. The highest BCUT2D eigenvalue weighted by atomic mass is 16.7. The Hall–Kier alpha value is -4.33. The Morgan fingerprint density at radius 3 is 2.53 bits per heavy atom. The fourth-order valence-electron chi connectivity index (χ4n) is 2.88. The van der Waals surface area contributed by atoms with E-state index in [-0.39, 0.29) is 19.2 Å². The number of anilines is 1. The van der Waals surface area contributed by atoms with Crippen molar-refractivity contribution in [1.29, 1.82) is 0 Å². The molecule has 0 aliphatic carbocycles. The summed E-state index contributed by atoms with van der Waals surface area (Å²) in [4.78, 5) is 24.2. The van der Waals surface area contributed by atoms with Crippen molar-refractivity contribution in [3.05, 3.63) is 83.4 Å². The number of aryl methyl sites for hydroxylation is 1. The monoisotopic (exact) mass is 431 g/mol. The summed E-state index contributed by atoms with van der Waals surface area (Å²) in [5, 5.41) is 6.97. The van der Waals surface area contributed by atoms with E-state index in [2.05, 4.69) is 15.8 Å². The molecular weight excluding hydrogens is 410 g/mol. The summed E-state index contributed by atoms with van der Waals surface area (Å²) in [6, 6.07) is 19.4. The van der Waals surface area contributed by atoms with Crippen molar-refractivity contribution in [2.45, 2.75) is 6.92 Å². The van der Waals surface area contributed by atoms with Crippen molar-refractivity contribution in [2.75, 3.05) is 18.7 Å². The van der Waals surface area contributed by atoms with Gasteiger partial charge in [0.15, 0.2) is 11.5 Å². The zero-order chi connectivity index (χ0) is 22.3. The molecule has 4 rings (SSSR count).